The quantitative estimate of drug-likeness (QED) is 0.609. The third-order valence-electron chi connectivity index (χ3n) is 6.12. The van der Waals surface area contributed by atoms with E-state index in [0.717, 1.165) is 11.1 Å². The number of fused-ring (bicyclic) bond motifs is 2. The van der Waals surface area contributed by atoms with Gasteiger partial charge in [-0.2, -0.15) is 0 Å². The van der Waals surface area contributed by atoms with Crippen LogP contribution in [0.1, 0.15) is 16.7 Å². The van der Waals surface area contributed by atoms with Crippen LogP contribution in [0, 0.1) is 19.7 Å². The SMILES string of the molecule is Cc1ccc(C)c(NC(=O)CN2C(=O)C3(SCC(=O)N3c3ccc(F)cc3)c3ccccc32)c1. The Morgan fingerprint density at radius 2 is 1.79 bits per heavy atom. The minimum atomic E-state index is -1.34. The van der Waals surface area contributed by atoms with Crippen molar-refractivity contribution in [3.63, 3.8) is 0 Å². The molecule has 0 saturated carbocycles. The summed E-state index contributed by atoms with van der Waals surface area (Å²) in [6, 6.07) is 18.5. The average molecular weight is 476 g/mol. The summed E-state index contributed by atoms with van der Waals surface area (Å²) in [5.74, 6) is -1.29. The smallest absolute Gasteiger partial charge is 0.269 e. The highest BCUT2D eigenvalue weighted by Crippen LogP contribution is 2.55. The lowest BCUT2D eigenvalue weighted by molar-refractivity contribution is -0.124. The van der Waals surface area contributed by atoms with Crippen molar-refractivity contribution in [3.05, 3.63) is 89.2 Å². The number of anilines is 3. The Labute approximate surface area is 200 Å². The minimum absolute atomic E-state index is 0.0972. The first kappa shape index (κ1) is 22.2. The summed E-state index contributed by atoms with van der Waals surface area (Å²) in [5, 5.41) is 2.90. The molecule has 0 radical (unpaired) electrons. The van der Waals surface area contributed by atoms with Crippen LogP contribution in [0.2, 0.25) is 0 Å². The molecule has 1 N–H and O–H groups in total. The Balaban J connectivity index is 1.51. The predicted octanol–water partition coefficient (Wildman–Crippen LogP) is 4.36. The number of hydrogen-bond acceptors (Lipinski definition) is 4. The normalized spacial score (nSPS) is 19.1. The van der Waals surface area contributed by atoms with Gasteiger partial charge in [-0.1, -0.05) is 30.3 Å². The van der Waals surface area contributed by atoms with Gasteiger partial charge in [0.15, 0.2) is 0 Å². The first-order valence-electron chi connectivity index (χ1n) is 10.8. The Hall–Kier alpha value is -3.65. The van der Waals surface area contributed by atoms with Crippen molar-refractivity contribution in [1.82, 2.24) is 0 Å². The van der Waals surface area contributed by atoms with Gasteiger partial charge in [-0.15, -0.1) is 11.8 Å². The summed E-state index contributed by atoms with van der Waals surface area (Å²) < 4.78 is 13.6. The average Bonchev–Trinajstić information content (AvgIpc) is 3.28. The van der Waals surface area contributed by atoms with Gasteiger partial charge in [-0.3, -0.25) is 24.2 Å². The number of nitrogens with zero attached hydrogens (tertiary/aromatic N) is 2. The minimum Gasteiger partial charge on any atom is -0.324 e. The van der Waals surface area contributed by atoms with Crippen molar-refractivity contribution in [2.24, 2.45) is 0 Å². The molecule has 172 valence electrons. The zero-order valence-electron chi connectivity index (χ0n) is 18.7. The van der Waals surface area contributed by atoms with Crippen LogP contribution >= 0.6 is 11.8 Å². The summed E-state index contributed by atoms with van der Waals surface area (Å²) in [6.07, 6.45) is 0. The van der Waals surface area contributed by atoms with Gasteiger partial charge in [-0.25, -0.2) is 4.39 Å². The first-order chi connectivity index (χ1) is 16.3. The topological polar surface area (TPSA) is 69.7 Å². The van der Waals surface area contributed by atoms with Gasteiger partial charge >= 0.3 is 0 Å². The molecule has 1 spiro atoms. The molecule has 0 bridgehead atoms. The molecule has 3 aromatic carbocycles. The summed E-state index contributed by atoms with van der Waals surface area (Å²) in [7, 11) is 0. The zero-order valence-corrected chi connectivity index (χ0v) is 19.5. The first-order valence-corrected chi connectivity index (χ1v) is 11.8. The monoisotopic (exact) mass is 475 g/mol. The number of benzene rings is 3. The van der Waals surface area contributed by atoms with Gasteiger partial charge in [0.2, 0.25) is 16.7 Å². The molecule has 1 atom stereocenters. The number of aryl methyl sites for hydroxylation is 2. The molecule has 5 rings (SSSR count). The van der Waals surface area contributed by atoms with Crippen molar-refractivity contribution in [2.45, 2.75) is 18.7 Å². The highest BCUT2D eigenvalue weighted by Gasteiger charge is 2.61. The van der Waals surface area contributed by atoms with Crippen LogP contribution < -0.4 is 15.1 Å². The van der Waals surface area contributed by atoms with E-state index in [4.69, 9.17) is 0 Å². The van der Waals surface area contributed by atoms with E-state index in [0.29, 0.717) is 22.6 Å². The molecule has 3 aromatic rings. The van der Waals surface area contributed by atoms with Crippen LogP contribution in [0.15, 0.2) is 66.7 Å². The molecular weight excluding hydrogens is 453 g/mol. The van der Waals surface area contributed by atoms with E-state index in [1.807, 2.05) is 32.0 Å². The predicted molar refractivity (Wildman–Crippen MR) is 131 cm³/mol. The van der Waals surface area contributed by atoms with Gasteiger partial charge in [0.1, 0.15) is 12.4 Å². The van der Waals surface area contributed by atoms with Crippen LogP contribution in [0.25, 0.3) is 0 Å². The van der Waals surface area contributed by atoms with E-state index in [1.165, 1.54) is 45.8 Å². The molecule has 1 unspecified atom stereocenters. The summed E-state index contributed by atoms with van der Waals surface area (Å²) >= 11 is 1.22. The van der Waals surface area contributed by atoms with Gasteiger partial charge < -0.3 is 5.32 Å². The second-order valence-electron chi connectivity index (χ2n) is 8.41. The maximum atomic E-state index is 13.9. The molecule has 0 aromatic heterocycles. The largest absolute Gasteiger partial charge is 0.324 e. The van der Waals surface area contributed by atoms with Crippen molar-refractivity contribution in [1.29, 1.82) is 0 Å². The molecule has 2 aliphatic heterocycles. The summed E-state index contributed by atoms with van der Waals surface area (Å²) in [5.41, 5.74) is 4.28. The Morgan fingerprint density at radius 3 is 2.56 bits per heavy atom. The van der Waals surface area contributed by atoms with Crippen molar-refractivity contribution >= 4 is 46.5 Å². The van der Waals surface area contributed by atoms with E-state index in [1.54, 1.807) is 24.3 Å². The van der Waals surface area contributed by atoms with Crippen LogP contribution in [0.4, 0.5) is 21.5 Å². The van der Waals surface area contributed by atoms with Crippen LogP contribution in [-0.2, 0) is 19.3 Å². The van der Waals surface area contributed by atoms with E-state index >= 15 is 0 Å². The Bertz CT molecular complexity index is 1330. The number of thioether (sulfide) groups is 1. The van der Waals surface area contributed by atoms with Crippen molar-refractivity contribution in [2.75, 3.05) is 27.4 Å². The fourth-order valence-electron chi connectivity index (χ4n) is 4.51. The van der Waals surface area contributed by atoms with Gasteiger partial charge in [-0.05, 0) is 61.4 Å². The van der Waals surface area contributed by atoms with Crippen LogP contribution in [0.3, 0.4) is 0 Å². The molecule has 2 heterocycles. The third kappa shape index (κ3) is 3.45. The fraction of sp³-hybridized carbons (Fsp3) is 0.192. The molecule has 0 aliphatic carbocycles. The molecule has 6 nitrogen and oxygen atoms in total. The van der Waals surface area contributed by atoms with E-state index in [2.05, 4.69) is 5.32 Å². The molecule has 8 heteroatoms. The summed E-state index contributed by atoms with van der Waals surface area (Å²) in [6.45, 7) is 3.65. The number of carbonyl (C=O) groups excluding carboxylic acids is 3. The lowest BCUT2D eigenvalue weighted by Gasteiger charge is -2.33. The van der Waals surface area contributed by atoms with Crippen LogP contribution in [0.5, 0.6) is 0 Å². The molecular formula is C26H22FN3O3S. The second-order valence-corrected chi connectivity index (χ2v) is 9.58. The van der Waals surface area contributed by atoms with Gasteiger partial charge in [0, 0.05) is 16.9 Å². The molecule has 1 saturated heterocycles. The van der Waals surface area contributed by atoms with Gasteiger partial charge in [0.05, 0.1) is 11.4 Å². The lowest BCUT2D eigenvalue weighted by Crippen LogP contribution is -2.50. The Morgan fingerprint density at radius 1 is 1.06 bits per heavy atom. The van der Waals surface area contributed by atoms with Crippen molar-refractivity contribution < 1.29 is 18.8 Å². The molecule has 2 aliphatic rings. The van der Waals surface area contributed by atoms with E-state index in [9.17, 15) is 18.8 Å². The standard InChI is InChI=1S/C26H22FN3O3S/c1-16-7-8-17(2)21(13-16)28-23(31)14-29-22-6-4-3-5-20(22)26(25(29)33)30(24(32)15-34-26)19-11-9-18(27)10-12-19/h3-13H,14-15H2,1-2H3,(H,28,31). The molecule has 1 fully saturated rings. The number of para-hydroxylation sites is 1. The van der Waals surface area contributed by atoms with Gasteiger partial charge in [0.25, 0.3) is 5.91 Å². The number of halogens is 1. The lowest BCUT2D eigenvalue weighted by atomic mass is 10.0. The maximum Gasteiger partial charge on any atom is 0.269 e. The number of amides is 3. The second kappa shape index (κ2) is 8.29. The number of rotatable bonds is 4. The number of carbonyl (C=O) groups is 3. The van der Waals surface area contributed by atoms with E-state index in [-0.39, 0.29) is 30.0 Å². The van der Waals surface area contributed by atoms with E-state index < -0.39 is 10.7 Å². The third-order valence-corrected chi connectivity index (χ3v) is 7.50. The van der Waals surface area contributed by atoms with Crippen LogP contribution in [-0.4, -0.2) is 30.0 Å². The zero-order chi connectivity index (χ0) is 24.0. The highest BCUT2D eigenvalue weighted by atomic mass is 32.2. The maximum absolute atomic E-state index is 13.9. The summed E-state index contributed by atoms with van der Waals surface area (Å²) in [4.78, 5) is 41.5. The fourth-order valence-corrected chi connectivity index (χ4v) is 5.87. The molecule has 3 amide bonds. The highest BCUT2D eigenvalue weighted by molar-refractivity contribution is 8.02. The number of hydrogen-bond donors (Lipinski definition) is 1. The Kier molecular flexibility index (Phi) is 5.40. The number of nitrogens with one attached hydrogen (secondary N) is 1. The van der Waals surface area contributed by atoms with Crippen molar-refractivity contribution in [3.8, 4) is 0 Å². The molecule has 34 heavy (non-hydrogen) atoms.